The number of carboxylic acids is 3. The number of hydrogen-bond donors (Lipinski definition) is 4. The number of carbonyl (C=O) groups is 7. The van der Waals surface area contributed by atoms with Crippen LogP contribution in [0.15, 0.2) is 40.9 Å². The number of aromatic nitrogens is 2. The number of pyridine rings is 1. The van der Waals surface area contributed by atoms with Gasteiger partial charge < -0.3 is 39.6 Å². The van der Waals surface area contributed by atoms with Crippen molar-refractivity contribution in [2.45, 2.75) is 37.3 Å². The van der Waals surface area contributed by atoms with E-state index in [1.54, 1.807) is 49.9 Å². The third-order valence-electron chi connectivity index (χ3n) is 13.0. The van der Waals surface area contributed by atoms with Crippen molar-refractivity contribution in [3.8, 4) is 0 Å². The molecule has 3 amide bonds. The molecule has 1 aliphatic carbocycles. The molecule has 1 aromatic carbocycles. The second-order valence-corrected chi connectivity index (χ2v) is 18.2. The van der Waals surface area contributed by atoms with Gasteiger partial charge in [-0.15, -0.1) is 0 Å². The van der Waals surface area contributed by atoms with Gasteiger partial charge >= 0.3 is 17.9 Å². The number of halogens is 2. The summed E-state index contributed by atoms with van der Waals surface area (Å²) in [5, 5.41) is 32.1. The minimum atomic E-state index is -3.34. The van der Waals surface area contributed by atoms with E-state index in [1.165, 1.54) is 12.3 Å². The topological polar surface area (TPSA) is 263 Å². The van der Waals surface area contributed by atoms with Gasteiger partial charge in [0.1, 0.15) is 11.6 Å². The SMILES string of the molecule is O=C(O)CN1CCN(CC(=O)O)CCN(CC(=O)N2CCN(CCCOC3C=c4c(C(=O)NCC(=O)N5CC(F)(F)C[C@H]5C(=O)c5nc6ccccc6o5)ccnc4=CC3)CC2)CCN(CC(=O)O)CC1. The second-order valence-electron chi connectivity index (χ2n) is 18.2. The minimum Gasteiger partial charge on any atom is -0.480 e. The summed E-state index contributed by atoms with van der Waals surface area (Å²) in [7, 11) is 0. The highest BCUT2D eigenvalue weighted by atomic mass is 19.3. The Morgan fingerprint density at radius 3 is 1.92 bits per heavy atom. The Morgan fingerprint density at radius 1 is 0.746 bits per heavy atom. The maximum absolute atomic E-state index is 14.7. The van der Waals surface area contributed by atoms with Crippen LogP contribution in [-0.4, -0.2) is 250 Å². The lowest BCUT2D eigenvalue weighted by atomic mass is 10.0. The van der Waals surface area contributed by atoms with E-state index >= 15 is 0 Å². The number of Topliss-reactive ketones (excluding diaryl/α,β-unsaturated/α-hetero) is 1. The lowest BCUT2D eigenvalue weighted by molar-refractivity contribution is -0.141. The Bertz CT molecular complexity index is 2490. The van der Waals surface area contributed by atoms with Crippen molar-refractivity contribution >= 4 is 64.7 Å². The number of ketones is 1. The number of carbonyl (C=O) groups excluding carboxylic acids is 4. The van der Waals surface area contributed by atoms with E-state index in [0.29, 0.717) is 100 Å². The number of alkyl halides is 2. The van der Waals surface area contributed by atoms with Gasteiger partial charge in [-0.1, -0.05) is 18.2 Å². The number of nitrogens with one attached hydrogen (secondary N) is 1. The first kappa shape index (κ1) is 52.5. The molecule has 0 spiro atoms. The van der Waals surface area contributed by atoms with Crippen molar-refractivity contribution in [3.63, 3.8) is 0 Å². The number of carboxylic acid groups (broad SMARTS) is 3. The third kappa shape index (κ3) is 14.9. The molecule has 71 heavy (non-hydrogen) atoms. The summed E-state index contributed by atoms with van der Waals surface area (Å²) in [6, 6.07) is 6.51. The van der Waals surface area contributed by atoms with Crippen LogP contribution in [0.25, 0.3) is 23.3 Å². The standard InChI is InChI=1S/C47H60F2N10O12/c48-47(49)25-37(44(68)46-52-36-4-1-2-5-38(36)71-46)59(31-47)39(60)26-51-45(69)33-8-9-50-35-7-6-32(24-34(33)35)70-23-3-10-53-19-21-58(22-20-53)40(61)27-54-11-13-55(28-41(62)63)15-17-57(30-43(66)67)18-16-56(14-12-54)29-42(64)65/h1-2,4-5,7-9,24,32,37H,3,6,10-23,25-31H2,(H,51,69)(H,62,63)(H,64,65)(H,66,67)/t32?,37-/m0/s1. The molecule has 0 bridgehead atoms. The fraction of sp³-hybridized carbons (Fsp3) is 0.553. The summed E-state index contributed by atoms with van der Waals surface area (Å²) in [5.41, 5.74) is 0.879. The van der Waals surface area contributed by atoms with Crippen LogP contribution in [-0.2, 0) is 28.7 Å². The number of aliphatic carboxylic acids is 3. The van der Waals surface area contributed by atoms with E-state index in [-0.39, 0.29) is 75.8 Å². The number of para-hydroxylation sites is 2. The molecule has 384 valence electrons. The summed E-state index contributed by atoms with van der Waals surface area (Å²) >= 11 is 0. The number of piperazine rings is 1. The van der Waals surface area contributed by atoms with Gasteiger partial charge in [0.15, 0.2) is 5.58 Å². The number of amides is 3. The number of likely N-dealkylation sites (tertiary alicyclic amines) is 1. The molecule has 3 aromatic rings. The van der Waals surface area contributed by atoms with E-state index in [4.69, 9.17) is 9.15 Å². The smallest absolute Gasteiger partial charge is 0.317 e. The number of fused-ring (bicyclic) bond motifs is 2. The van der Waals surface area contributed by atoms with Gasteiger partial charge in [0.05, 0.1) is 56.3 Å². The van der Waals surface area contributed by atoms with Gasteiger partial charge in [0.25, 0.3) is 17.7 Å². The minimum absolute atomic E-state index is 0.0713. The van der Waals surface area contributed by atoms with Crippen LogP contribution in [0, 0.1) is 0 Å². The lowest BCUT2D eigenvalue weighted by Gasteiger charge is -2.37. The highest BCUT2D eigenvalue weighted by molar-refractivity contribution is 6.02. The number of hydrogen-bond acceptors (Lipinski definition) is 16. The van der Waals surface area contributed by atoms with E-state index in [9.17, 15) is 57.7 Å². The molecular weight excluding hydrogens is 935 g/mol. The van der Waals surface area contributed by atoms with Crippen molar-refractivity contribution in [2.75, 3.05) is 131 Å². The van der Waals surface area contributed by atoms with Gasteiger partial charge in [0.2, 0.25) is 17.6 Å². The van der Waals surface area contributed by atoms with Crippen molar-refractivity contribution in [1.82, 2.24) is 49.6 Å². The molecule has 0 saturated carbocycles. The molecule has 0 radical (unpaired) electrons. The van der Waals surface area contributed by atoms with Crippen LogP contribution in [0.5, 0.6) is 0 Å². The van der Waals surface area contributed by atoms with E-state index in [2.05, 4.69) is 20.2 Å². The fourth-order valence-electron chi connectivity index (χ4n) is 9.23. The van der Waals surface area contributed by atoms with Crippen molar-refractivity contribution in [3.05, 3.63) is 58.6 Å². The van der Waals surface area contributed by atoms with Gasteiger partial charge in [0, 0.05) is 110 Å². The summed E-state index contributed by atoms with van der Waals surface area (Å²) in [6.07, 6.45) is 4.99. The first-order chi connectivity index (χ1) is 34.0. The molecule has 5 heterocycles. The number of ether oxygens (including phenoxy) is 1. The summed E-state index contributed by atoms with van der Waals surface area (Å²) in [6.45, 7) is 3.52. The van der Waals surface area contributed by atoms with Gasteiger partial charge in [-0.05, 0) is 37.1 Å². The zero-order valence-electron chi connectivity index (χ0n) is 39.3. The zero-order chi connectivity index (χ0) is 50.7. The van der Waals surface area contributed by atoms with Crippen molar-refractivity contribution < 1.29 is 66.8 Å². The van der Waals surface area contributed by atoms with Crippen LogP contribution in [0.1, 0.15) is 40.3 Å². The Balaban J connectivity index is 0.863. The average molecular weight is 995 g/mol. The highest BCUT2D eigenvalue weighted by Crippen LogP contribution is 2.34. The first-order valence-electron chi connectivity index (χ1n) is 23.7. The van der Waals surface area contributed by atoms with Crippen LogP contribution in [0.3, 0.4) is 0 Å². The van der Waals surface area contributed by atoms with Crippen molar-refractivity contribution in [2.24, 2.45) is 0 Å². The predicted octanol–water partition coefficient (Wildman–Crippen LogP) is -1.57. The maximum Gasteiger partial charge on any atom is 0.317 e. The number of nitrogens with zero attached hydrogens (tertiary/aromatic N) is 9. The molecule has 1 unspecified atom stereocenters. The maximum atomic E-state index is 14.7. The number of benzene rings is 1. The normalized spacial score (nSPS) is 21.0. The van der Waals surface area contributed by atoms with Crippen molar-refractivity contribution in [1.29, 1.82) is 0 Å². The average Bonchev–Trinajstić information content (AvgIpc) is 3.92. The molecule has 3 aliphatic heterocycles. The third-order valence-corrected chi connectivity index (χ3v) is 13.0. The van der Waals surface area contributed by atoms with Gasteiger partial charge in [-0.2, -0.15) is 0 Å². The first-order valence-corrected chi connectivity index (χ1v) is 23.7. The molecule has 4 N–H and O–H groups in total. The molecular formula is C47H60F2N10O12. The molecule has 3 saturated heterocycles. The fourth-order valence-corrected chi connectivity index (χ4v) is 9.23. The summed E-state index contributed by atoms with van der Waals surface area (Å²) in [5.74, 6) is -9.25. The monoisotopic (exact) mass is 994 g/mol. The molecule has 2 atom stereocenters. The lowest BCUT2D eigenvalue weighted by Crippen LogP contribution is -2.53. The highest BCUT2D eigenvalue weighted by Gasteiger charge is 2.51. The molecule has 2 aromatic heterocycles. The Kier molecular flexibility index (Phi) is 17.9. The molecule has 24 heteroatoms. The molecule has 4 aliphatic rings. The van der Waals surface area contributed by atoms with E-state index < -0.39 is 67.0 Å². The van der Waals surface area contributed by atoms with E-state index in [0.717, 1.165) is 4.90 Å². The summed E-state index contributed by atoms with van der Waals surface area (Å²) < 4.78 is 41.0. The Morgan fingerprint density at radius 2 is 1.32 bits per heavy atom. The predicted molar refractivity (Wildman–Crippen MR) is 249 cm³/mol. The number of oxazole rings is 1. The molecule has 7 rings (SSSR count). The quantitative estimate of drug-likeness (QED) is 0.0829. The number of rotatable bonds is 18. The molecule has 22 nitrogen and oxygen atoms in total. The van der Waals surface area contributed by atoms with Gasteiger partial charge in [-0.25, -0.2) is 13.8 Å². The van der Waals surface area contributed by atoms with E-state index in [1.807, 2.05) is 11.0 Å². The summed E-state index contributed by atoms with van der Waals surface area (Å²) in [4.78, 5) is 109. The largest absolute Gasteiger partial charge is 0.480 e. The Labute approximate surface area is 407 Å². The second kappa shape index (κ2) is 24.2. The van der Waals surface area contributed by atoms with Crippen LogP contribution >= 0.6 is 0 Å². The van der Waals surface area contributed by atoms with Crippen LogP contribution in [0.4, 0.5) is 8.78 Å². The molecule has 3 fully saturated rings. The van der Waals surface area contributed by atoms with Gasteiger partial charge in [-0.3, -0.25) is 63.0 Å². The Hall–Kier alpha value is -6.31. The van der Waals surface area contributed by atoms with Crippen LogP contribution < -0.4 is 15.9 Å². The zero-order valence-corrected chi connectivity index (χ0v) is 39.3. The van der Waals surface area contributed by atoms with Crippen LogP contribution in [0.2, 0.25) is 0 Å².